The van der Waals surface area contributed by atoms with Gasteiger partial charge in [-0.2, -0.15) is 0 Å². The van der Waals surface area contributed by atoms with Crippen LogP contribution in [0.15, 0.2) is 59.1 Å². The maximum absolute atomic E-state index is 12.2. The Labute approximate surface area is 169 Å². The van der Waals surface area contributed by atoms with Gasteiger partial charge in [0.2, 0.25) is 5.91 Å². The molecule has 2 aromatic rings. The van der Waals surface area contributed by atoms with Crippen LogP contribution in [0.25, 0.3) is 0 Å². The molecule has 1 fully saturated rings. The highest BCUT2D eigenvalue weighted by molar-refractivity contribution is 9.10. The molecule has 0 radical (unpaired) electrons. The van der Waals surface area contributed by atoms with Crippen molar-refractivity contribution in [3.63, 3.8) is 0 Å². The van der Waals surface area contributed by atoms with E-state index in [2.05, 4.69) is 50.4 Å². The lowest BCUT2D eigenvalue weighted by molar-refractivity contribution is -0.122. The van der Waals surface area contributed by atoms with Gasteiger partial charge in [0.05, 0.1) is 0 Å². The van der Waals surface area contributed by atoms with Crippen LogP contribution in [0.1, 0.15) is 41.6 Å². The Balaban J connectivity index is 1.36. The minimum absolute atomic E-state index is 0.00957. The van der Waals surface area contributed by atoms with Crippen LogP contribution in [0.3, 0.4) is 0 Å². The third-order valence-electron chi connectivity index (χ3n) is 4.95. The Morgan fingerprint density at radius 2 is 1.63 bits per heavy atom. The second-order valence-electron chi connectivity index (χ2n) is 7.03. The van der Waals surface area contributed by atoms with E-state index in [-0.39, 0.29) is 30.6 Å². The molecule has 1 aliphatic rings. The summed E-state index contributed by atoms with van der Waals surface area (Å²) in [5.41, 5.74) is 1.98. The van der Waals surface area contributed by atoms with Crippen LogP contribution < -0.4 is 5.32 Å². The number of nitrogens with one attached hydrogen (secondary N) is 1. The summed E-state index contributed by atoms with van der Waals surface area (Å²) in [6.07, 6.45) is 2.41. The van der Waals surface area contributed by atoms with Crippen LogP contribution in [0.2, 0.25) is 0 Å². The Kier molecular flexibility index (Phi) is 7.18. The molecule has 2 aromatic carbocycles. The van der Waals surface area contributed by atoms with Crippen molar-refractivity contribution in [1.82, 2.24) is 10.2 Å². The first-order valence-corrected chi connectivity index (χ1v) is 10.2. The number of rotatable bonds is 7. The van der Waals surface area contributed by atoms with Gasteiger partial charge in [0.25, 0.3) is 0 Å². The van der Waals surface area contributed by atoms with Crippen molar-refractivity contribution < 1.29 is 9.59 Å². The molecule has 0 bridgehead atoms. The van der Waals surface area contributed by atoms with Crippen molar-refractivity contribution in [3.05, 3.63) is 70.2 Å². The van der Waals surface area contributed by atoms with Crippen LogP contribution in [-0.2, 0) is 11.3 Å². The summed E-state index contributed by atoms with van der Waals surface area (Å²) in [6.45, 7) is 2.93. The molecule has 3 rings (SSSR count). The molecule has 0 aliphatic carbocycles. The summed E-state index contributed by atoms with van der Waals surface area (Å²) in [7, 11) is 0. The molecule has 0 unspecified atom stereocenters. The van der Waals surface area contributed by atoms with Crippen molar-refractivity contribution in [3.8, 4) is 0 Å². The number of amides is 1. The number of ketones is 1. The summed E-state index contributed by atoms with van der Waals surface area (Å²) in [5, 5.41) is 3.09. The quantitative estimate of drug-likeness (QED) is 0.672. The molecule has 1 amide bonds. The van der Waals surface area contributed by atoms with Gasteiger partial charge in [-0.15, -0.1) is 0 Å². The molecule has 4 nitrogen and oxygen atoms in total. The molecule has 1 N–H and O–H groups in total. The maximum Gasteiger partial charge on any atom is 0.220 e. The summed E-state index contributed by atoms with van der Waals surface area (Å²) >= 11 is 3.36. The van der Waals surface area contributed by atoms with Gasteiger partial charge < -0.3 is 5.32 Å². The molecule has 27 heavy (non-hydrogen) atoms. The molecule has 0 saturated carbocycles. The minimum Gasteiger partial charge on any atom is -0.353 e. The number of hydrogen-bond donors (Lipinski definition) is 1. The van der Waals surface area contributed by atoms with Crippen molar-refractivity contribution in [2.24, 2.45) is 0 Å². The molecule has 1 heterocycles. The number of carbonyl (C=O) groups is 2. The van der Waals surface area contributed by atoms with E-state index in [0.717, 1.165) is 36.9 Å². The van der Waals surface area contributed by atoms with Crippen LogP contribution in [0.5, 0.6) is 0 Å². The molecule has 1 aliphatic heterocycles. The first-order valence-electron chi connectivity index (χ1n) is 9.44. The number of halogens is 1. The zero-order valence-electron chi connectivity index (χ0n) is 15.4. The number of carbonyl (C=O) groups excluding carboxylic acids is 2. The number of benzene rings is 2. The number of hydrogen-bond acceptors (Lipinski definition) is 3. The smallest absolute Gasteiger partial charge is 0.220 e. The second-order valence-corrected chi connectivity index (χ2v) is 7.95. The lowest BCUT2D eigenvalue weighted by atomic mass is 10.0. The monoisotopic (exact) mass is 428 g/mol. The van der Waals surface area contributed by atoms with Crippen LogP contribution in [-0.4, -0.2) is 35.7 Å². The lowest BCUT2D eigenvalue weighted by Gasteiger charge is -2.32. The molecule has 1 saturated heterocycles. The summed E-state index contributed by atoms with van der Waals surface area (Å²) in [6, 6.07) is 17.9. The van der Waals surface area contributed by atoms with Gasteiger partial charge in [0, 0.05) is 48.6 Å². The van der Waals surface area contributed by atoms with E-state index < -0.39 is 0 Å². The largest absolute Gasteiger partial charge is 0.353 e. The summed E-state index contributed by atoms with van der Waals surface area (Å²) in [4.78, 5) is 26.8. The Morgan fingerprint density at radius 1 is 0.963 bits per heavy atom. The standard InChI is InChI=1S/C22H25BrN2O2/c23-19-8-6-18(7-9-19)21(26)10-11-22(27)24-20-12-14-25(15-13-20)16-17-4-2-1-3-5-17/h1-9,20H,10-16H2,(H,24,27). The summed E-state index contributed by atoms with van der Waals surface area (Å²) in [5.74, 6) is -0.0164. The van der Waals surface area contributed by atoms with Gasteiger partial charge in [-0.05, 0) is 30.5 Å². The second kappa shape index (κ2) is 9.81. The van der Waals surface area contributed by atoms with Crippen molar-refractivity contribution in [2.75, 3.05) is 13.1 Å². The number of Topliss-reactive ketones (excluding diaryl/α,β-unsaturated/α-hetero) is 1. The first-order chi connectivity index (χ1) is 13.1. The average Bonchev–Trinajstić information content (AvgIpc) is 2.69. The molecular formula is C22H25BrN2O2. The Bertz CT molecular complexity index is 754. The van der Waals surface area contributed by atoms with Crippen LogP contribution >= 0.6 is 15.9 Å². The van der Waals surface area contributed by atoms with E-state index in [1.54, 1.807) is 12.1 Å². The molecule has 0 aromatic heterocycles. The fourth-order valence-electron chi connectivity index (χ4n) is 3.38. The van der Waals surface area contributed by atoms with E-state index in [0.29, 0.717) is 5.56 Å². The average molecular weight is 429 g/mol. The topological polar surface area (TPSA) is 49.4 Å². The van der Waals surface area contributed by atoms with Gasteiger partial charge in [-0.25, -0.2) is 0 Å². The third-order valence-corrected chi connectivity index (χ3v) is 5.48. The van der Waals surface area contributed by atoms with Gasteiger partial charge in [-0.1, -0.05) is 58.4 Å². The van der Waals surface area contributed by atoms with Crippen LogP contribution in [0, 0.1) is 0 Å². The van der Waals surface area contributed by atoms with E-state index in [9.17, 15) is 9.59 Å². The maximum atomic E-state index is 12.2. The number of nitrogens with zero attached hydrogens (tertiary/aromatic N) is 1. The zero-order valence-corrected chi connectivity index (χ0v) is 17.0. The highest BCUT2D eigenvalue weighted by Gasteiger charge is 2.21. The van der Waals surface area contributed by atoms with Crippen molar-refractivity contribution in [1.29, 1.82) is 0 Å². The van der Waals surface area contributed by atoms with E-state index in [1.807, 2.05) is 18.2 Å². The van der Waals surface area contributed by atoms with Gasteiger partial charge in [0.1, 0.15) is 0 Å². The fourth-order valence-corrected chi connectivity index (χ4v) is 3.65. The normalized spacial score (nSPS) is 15.4. The molecule has 0 atom stereocenters. The predicted octanol–water partition coefficient (Wildman–Crippen LogP) is 4.19. The Morgan fingerprint density at radius 3 is 2.30 bits per heavy atom. The molecule has 142 valence electrons. The van der Waals surface area contributed by atoms with Crippen LogP contribution in [0.4, 0.5) is 0 Å². The van der Waals surface area contributed by atoms with Crippen molar-refractivity contribution in [2.45, 2.75) is 38.3 Å². The molecule has 5 heteroatoms. The van der Waals surface area contributed by atoms with Gasteiger partial charge >= 0.3 is 0 Å². The van der Waals surface area contributed by atoms with E-state index in [4.69, 9.17) is 0 Å². The summed E-state index contributed by atoms with van der Waals surface area (Å²) < 4.78 is 0.940. The van der Waals surface area contributed by atoms with Crippen molar-refractivity contribution >= 4 is 27.6 Å². The minimum atomic E-state index is -0.0260. The fraction of sp³-hybridized carbons (Fsp3) is 0.364. The van der Waals surface area contributed by atoms with Gasteiger partial charge in [-0.3, -0.25) is 14.5 Å². The van der Waals surface area contributed by atoms with Gasteiger partial charge in [0.15, 0.2) is 5.78 Å². The highest BCUT2D eigenvalue weighted by Crippen LogP contribution is 2.15. The third kappa shape index (κ3) is 6.29. The number of piperidine rings is 1. The first kappa shape index (κ1) is 19.8. The molecular weight excluding hydrogens is 404 g/mol. The van der Waals surface area contributed by atoms with E-state index >= 15 is 0 Å². The lowest BCUT2D eigenvalue weighted by Crippen LogP contribution is -2.44. The predicted molar refractivity (Wildman–Crippen MR) is 111 cm³/mol. The molecule has 0 spiro atoms. The highest BCUT2D eigenvalue weighted by atomic mass is 79.9. The Hall–Kier alpha value is -1.98. The van der Waals surface area contributed by atoms with E-state index in [1.165, 1.54) is 5.56 Å². The number of likely N-dealkylation sites (tertiary alicyclic amines) is 1. The zero-order chi connectivity index (χ0) is 19.1. The SMILES string of the molecule is O=C(CCC(=O)c1ccc(Br)cc1)NC1CCN(Cc2ccccc2)CC1.